The van der Waals surface area contributed by atoms with E-state index in [1.807, 2.05) is 0 Å². The highest BCUT2D eigenvalue weighted by molar-refractivity contribution is 5.06. The normalized spacial score (nSPS) is 42.0. The van der Waals surface area contributed by atoms with E-state index in [1.165, 1.54) is 38.8 Å². The SMILES string of the molecule is CCCNC(CN(C)C)C12CC3CC(CC(C3)C1)C2. The van der Waals surface area contributed by atoms with Gasteiger partial charge in [-0.15, -0.1) is 0 Å². The van der Waals surface area contributed by atoms with Gasteiger partial charge in [0.1, 0.15) is 0 Å². The van der Waals surface area contributed by atoms with Crippen molar-refractivity contribution in [1.82, 2.24) is 10.2 Å². The quantitative estimate of drug-likeness (QED) is 0.793. The van der Waals surface area contributed by atoms with Crippen molar-refractivity contribution in [3.63, 3.8) is 0 Å². The van der Waals surface area contributed by atoms with Crippen molar-refractivity contribution in [2.45, 2.75) is 57.9 Å². The van der Waals surface area contributed by atoms with E-state index in [-0.39, 0.29) is 0 Å². The fourth-order valence-electron chi connectivity index (χ4n) is 5.76. The molecule has 0 amide bonds. The summed E-state index contributed by atoms with van der Waals surface area (Å²) < 4.78 is 0. The monoisotopic (exact) mass is 264 g/mol. The molecule has 19 heavy (non-hydrogen) atoms. The zero-order valence-corrected chi connectivity index (χ0v) is 13.1. The average Bonchev–Trinajstić information content (AvgIpc) is 2.32. The molecule has 1 unspecified atom stereocenters. The van der Waals surface area contributed by atoms with E-state index in [2.05, 4.69) is 31.2 Å². The molecule has 0 heterocycles. The van der Waals surface area contributed by atoms with Crippen LogP contribution in [0, 0.1) is 23.2 Å². The molecule has 110 valence electrons. The van der Waals surface area contributed by atoms with E-state index >= 15 is 0 Å². The number of nitrogens with one attached hydrogen (secondary N) is 1. The van der Waals surface area contributed by atoms with Crippen LogP contribution in [0.5, 0.6) is 0 Å². The summed E-state index contributed by atoms with van der Waals surface area (Å²) in [6.45, 7) is 4.71. The predicted octanol–water partition coefficient (Wildman–Crippen LogP) is 3.13. The Bertz CT molecular complexity index is 275. The molecule has 4 aliphatic carbocycles. The smallest absolute Gasteiger partial charge is 0.0251 e. The molecule has 0 aromatic heterocycles. The highest BCUT2D eigenvalue weighted by Gasteiger charge is 2.53. The second kappa shape index (κ2) is 5.37. The van der Waals surface area contributed by atoms with E-state index in [4.69, 9.17) is 0 Å². The Hall–Kier alpha value is -0.0800. The number of nitrogens with zero attached hydrogens (tertiary/aromatic N) is 1. The number of rotatable bonds is 6. The van der Waals surface area contributed by atoms with Crippen LogP contribution in [0.1, 0.15) is 51.9 Å². The Kier molecular flexibility index (Phi) is 3.92. The first-order valence-electron chi connectivity index (χ1n) is 8.49. The second-order valence-electron chi connectivity index (χ2n) is 8.05. The Morgan fingerprint density at radius 2 is 1.58 bits per heavy atom. The highest BCUT2D eigenvalue weighted by atomic mass is 15.1. The van der Waals surface area contributed by atoms with Gasteiger partial charge >= 0.3 is 0 Å². The number of likely N-dealkylation sites (N-methyl/N-ethyl adjacent to an activating group) is 1. The van der Waals surface area contributed by atoms with Gasteiger partial charge in [-0.3, -0.25) is 0 Å². The molecule has 2 nitrogen and oxygen atoms in total. The van der Waals surface area contributed by atoms with Crippen LogP contribution < -0.4 is 5.32 Å². The minimum absolute atomic E-state index is 0.647. The number of hydrogen-bond acceptors (Lipinski definition) is 2. The molecule has 0 radical (unpaired) electrons. The van der Waals surface area contributed by atoms with Crippen LogP contribution in [-0.2, 0) is 0 Å². The average molecular weight is 264 g/mol. The van der Waals surface area contributed by atoms with Crippen LogP contribution in [0.25, 0.3) is 0 Å². The second-order valence-corrected chi connectivity index (χ2v) is 8.05. The lowest BCUT2D eigenvalue weighted by Gasteiger charge is -2.60. The van der Waals surface area contributed by atoms with Crippen molar-refractivity contribution >= 4 is 0 Å². The summed E-state index contributed by atoms with van der Waals surface area (Å²) >= 11 is 0. The van der Waals surface area contributed by atoms with E-state index in [0.717, 1.165) is 23.8 Å². The van der Waals surface area contributed by atoms with Crippen molar-refractivity contribution in [2.75, 3.05) is 27.2 Å². The Labute approximate surface area is 119 Å². The summed E-state index contributed by atoms with van der Waals surface area (Å²) in [4.78, 5) is 2.39. The van der Waals surface area contributed by atoms with Gasteiger partial charge in [-0.25, -0.2) is 0 Å². The molecule has 0 saturated heterocycles. The van der Waals surface area contributed by atoms with Crippen molar-refractivity contribution < 1.29 is 0 Å². The summed E-state index contributed by atoms with van der Waals surface area (Å²) in [5, 5.41) is 3.92. The van der Waals surface area contributed by atoms with Gasteiger partial charge in [0.05, 0.1) is 0 Å². The molecule has 2 heteroatoms. The van der Waals surface area contributed by atoms with E-state index in [1.54, 1.807) is 19.3 Å². The maximum atomic E-state index is 3.92. The van der Waals surface area contributed by atoms with Crippen molar-refractivity contribution in [3.05, 3.63) is 0 Å². The molecule has 1 N–H and O–H groups in total. The Morgan fingerprint density at radius 1 is 1.05 bits per heavy atom. The van der Waals surface area contributed by atoms with Gasteiger partial charge in [-0.1, -0.05) is 6.92 Å². The fraction of sp³-hybridized carbons (Fsp3) is 1.00. The van der Waals surface area contributed by atoms with Gasteiger partial charge < -0.3 is 10.2 Å². The molecule has 0 aromatic carbocycles. The molecule has 4 fully saturated rings. The molecule has 4 saturated carbocycles. The van der Waals surface area contributed by atoms with Crippen molar-refractivity contribution in [1.29, 1.82) is 0 Å². The third-order valence-corrected chi connectivity index (χ3v) is 6.01. The first kappa shape index (κ1) is 13.9. The molecule has 1 atom stereocenters. The largest absolute Gasteiger partial charge is 0.312 e. The minimum atomic E-state index is 0.647. The molecular weight excluding hydrogens is 232 g/mol. The summed E-state index contributed by atoms with van der Waals surface area (Å²) in [5.74, 6) is 3.21. The van der Waals surface area contributed by atoms with Crippen LogP contribution in [0.4, 0.5) is 0 Å². The first-order chi connectivity index (χ1) is 9.11. The molecule has 0 spiro atoms. The fourth-order valence-corrected chi connectivity index (χ4v) is 5.76. The minimum Gasteiger partial charge on any atom is -0.312 e. The lowest BCUT2D eigenvalue weighted by atomic mass is 9.47. The molecule has 4 bridgehead atoms. The zero-order chi connectivity index (χ0) is 13.5. The van der Waals surface area contributed by atoms with Gasteiger partial charge in [-0.2, -0.15) is 0 Å². The summed E-state index contributed by atoms with van der Waals surface area (Å²) in [6.07, 6.45) is 10.5. The van der Waals surface area contributed by atoms with Crippen LogP contribution in [0.3, 0.4) is 0 Å². The first-order valence-corrected chi connectivity index (χ1v) is 8.49. The van der Waals surface area contributed by atoms with Gasteiger partial charge in [0.2, 0.25) is 0 Å². The van der Waals surface area contributed by atoms with E-state index in [9.17, 15) is 0 Å². The van der Waals surface area contributed by atoms with Crippen LogP contribution in [0.2, 0.25) is 0 Å². The zero-order valence-electron chi connectivity index (χ0n) is 13.1. The Balaban J connectivity index is 1.76. The maximum absolute atomic E-state index is 3.92. The molecule has 4 rings (SSSR count). The molecule has 0 aromatic rings. The summed E-state index contributed by atoms with van der Waals surface area (Å²) in [6, 6.07) is 0.732. The standard InChI is InChI=1S/C17H32N2/c1-4-5-18-16(12-19(2)3)17-9-13-6-14(10-17)8-15(7-13)11-17/h13-16,18H,4-12H2,1-3H3. The Morgan fingerprint density at radius 3 is 2.00 bits per heavy atom. The van der Waals surface area contributed by atoms with Gasteiger partial charge in [0.15, 0.2) is 0 Å². The third kappa shape index (κ3) is 2.71. The van der Waals surface area contributed by atoms with E-state index < -0.39 is 0 Å². The summed E-state index contributed by atoms with van der Waals surface area (Å²) in [7, 11) is 4.47. The lowest BCUT2D eigenvalue weighted by molar-refractivity contribution is -0.0770. The van der Waals surface area contributed by atoms with Crippen LogP contribution in [-0.4, -0.2) is 38.1 Å². The molecular formula is C17H32N2. The van der Waals surface area contributed by atoms with Gasteiger partial charge in [-0.05, 0) is 88.8 Å². The lowest BCUT2D eigenvalue weighted by Crippen LogP contribution is -2.58. The van der Waals surface area contributed by atoms with Crippen LogP contribution in [0.15, 0.2) is 0 Å². The summed E-state index contributed by atoms with van der Waals surface area (Å²) in [5.41, 5.74) is 0.647. The molecule has 4 aliphatic rings. The predicted molar refractivity (Wildman–Crippen MR) is 81.2 cm³/mol. The van der Waals surface area contributed by atoms with E-state index in [0.29, 0.717) is 5.41 Å². The van der Waals surface area contributed by atoms with Gasteiger partial charge in [0, 0.05) is 12.6 Å². The number of hydrogen-bond donors (Lipinski definition) is 1. The van der Waals surface area contributed by atoms with Crippen LogP contribution >= 0.6 is 0 Å². The topological polar surface area (TPSA) is 15.3 Å². The van der Waals surface area contributed by atoms with Crippen molar-refractivity contribution in [3.8, 4) is 0 Å². The molecule has 0 aliphatic heterocycles. The highest BCUT2D eigenvalue weighted by Crippen LogP contribution is 2.61. The third-order valence-electron chi connectivity index (χ3n) is 6.01. The van der Waals surface area contributed by atoms with Crippen molar-refractivity contribution in [2.24, 2.45) is 23.2 Å². The van der Waals surface area contributed by atoms with Gasteiger partial charge in [0.25, 0.3) is 0 Å². The maximum Gasteiger partial charge on any atom is 0.0251 e.